The zero-order chi connectivity index (χ0) is 21.0. The predicted octanol–water partition coefficient (Wildman–Crippen LogP) is 4.06. The summed E-state index contributed by atoms with van der Waals surface area (Å²) in [6, 6.07) is 3.65. The molecule has 3 heterocycles. The van der Waals surface area contributed by atoms with Crippen LogP contribution in [0.15, 0.2) is 22.1 Å². The molecule has 0 spiro atoms. The average Bonchev–Trinajstić information content (AvgIpc) is 2.69. The minimum Gasteiger partial charge on any atom is -0.338 e. The van der Waals surface area contributed by atoms with Crippen LogP contribution in [-0.4, -0.2) is 53.2 Å². The van der Waals surface area contributed by atoms with Gasteiger partial charge in [0, 0.05) is 31.1 Å². The van der Waals surface area contributed by atoms with Gasteiger partial charge >= 0.3 is 0 Å². The first kappa shape index (κ1) is 21.2. The van der Waals surface area contributed by atoms with Gasteiger partial charge in [-0.15, -0.1) is 0 Å². The minimum absolute atomic E-state index is 0.0357. The average molecular weight is 403 g/mol. The van der Waals surface area contributed by atoms with Crippen molar-refractivity contribution in [2.45, 2.75) is 52.4 Å². The van der Waals surface area contributed by atoms with Gasteiger partial charge in [0.15, 0.2) is 0 Å². The van der Waals surface area contributed by atoms with Gasteiger partial charge in [0.05, 0.1) is 17.0 Å². The van der Waals surface area contributed by atoms with Crippen molar-refractivity contribution in [3.05, 3.63) is 29.1 Å². The van der Waals surface area contributed by atoms with E-state index in [1.54, 1.807) is 0 Å². The van der Waals surface area contributed by atoms with E-state index in [1.165, 1.54) is 0 Å². The summed E-state index contributed by atoms with van der Waals surface area (Å²) in [7, 11) is 0. The molecule has 1 amide bonds. The number of halogens is 2. The smallest absolute Gasteiger partial charge is 0.276 e. The van der Waals surface area contributed by atoms with Crippen molar-refractivity contribution < 1.29 is 13.6 Å². The highest BCUT2D eigenvalue weighted by molar-refractivity contribution is 6.04. The van der Waals surface area contributed by atoms with E-state index in [1.807, 2.05) is 30.9 Å². The summed E-state index contributed by atoms with van der Waals surface area (Å²) in [6.45, 7) is 4.98. The fourth-order valence-corrected chi connectivity index (χ4v) is 4.31. The summed E-state index contributed by atoms with van der Waals surface area (Å²) >= 11 is 0. The van der Waals surface area contributed by atoms with Gasteiger partial charge in [0.2, 0.25) is 0 Å². The second-order valence-corrected chi connectivity index (χ2v) is 7.83. The first-order chi connectivity index (χ1) is 13.9. The lowest BCUT2D eigenvalue weighted by Crippen LogP contribution is -2.41. The number of likely N-dealkylation sites (tertiary alicyclic amines) is 1. The van der Waals surface area contributed by atoms with Crippen LogP contribution >= 0.6 is 0 Å². The first-order valence-corrected chi connectivity index (χ1v) is 10.0. The zero-order valence-electron chi connectivity index (χ0n) is 16.9. The monoisotopic (exact) mass is 403 g/mol. The number of hydrogen-bond donors (Lipinski definition) is 1. The Morgan fingerprint density at radius 2 is 2.17 bits per heavy atom. The van der Waals surface area contributed by atoms with Gasteiger partial charge in [0.25, 0.3) is 12.3 Å². The molecule has 1 aromatic heterocycles. The molecule has 0 saturated carbocycles. The third kappa shape index (κ3) is 5.10. The van der Waals surface area contributed by atoms with Crippen molar-refractivity contribution in [2.24, 2.45) is 21.8 Å². The van der Waals surface area contributed by atoms with E-state index in [9.17, 15) is 13.6 Å². The number of alkyl halides is 2. The molecule has 2 aliphatic heterocycles. The van der Waals surface area contributed by atoms with Crippen molar-refractivity contribution in [1.82, 2.24) is 9.88 Å². The number of rotatable bonds is 5. The van der Waals surface area contributed by atoms with Crippen LogP contribution in [0.5, 0.6) is 0 Å². The number of nitrogens with zero attached hydrogens (tertiary/aromatic N) is 4. The molecular formula is C21H27F2N5O. The number of amides is 1. The SMILES string of the molecule is Cc1ccc(C(=O)N2CCC[C@H](CC3CCC(=NC=N)N=C3C(F)F)C2)c(C)n1. The van der Waals surface area contributed by atoms with Gasteiger partial charge in [-0.1, -0.05) is 0 Å². The van der Waals surface area contributed by atoms with Gasteiger partial charge in [-0.25, -0.2) is 18.8 Å². The van der Waals surface area contributed by atoms with E-state index < -0.39 is 6.43 Å². The summed E-state index contributed by atoms with van der Waals surface area (Å²) in [5, 5.41) is 7.02. The molecule has 156 valence electrons. The largest absolute Gasteiger partial charge is 0.338 e. The Kier molecular flexibility index (Phi) is 6.82. The second kappa shape index (κ2) is 9.33. The molecule has 1 saturated heterocycles. The maximum atomic E-state index is 13.5. The lowest BCUT2D eigenvalue weighted by Gasteiger charge is -2.35. The Balaban J connectivity index is 1.69. The normalized spacial score (nSPS) is 24.0. The van der Waals surface area contributed by atoms with Crippen LogP contribution in [0.4, 0.5) is 8.78 Å². The third-order valence-corrected chi connectivity index (χ3v) is 5.71. The predicted molar refractivity (Wildman–Crippen MR) is 109 cm³/mol. The van der Waals surface area contributed by atoms with Crippen LogP contribution in [0.2, 0.25) is 0 Å². The van der Waals surface area contributed by atoms with E-state index in [0.717, 1.165) is 30.6 Å². The van der Waals surface area contributed by atoms with Crippen LogP contribution in [0.25, 0.3) is 0 Å². The zero-order valence-corrected chi connectivity index (χ0v) is 16.9. The van der Waals surface area contributed by atoms with Crippen molar-refractivity contribution in [1.29, 1.82) is 5.41 Å². The highest BCUT2D eigenvalue weighted by Gasteiger charge is 2.33. The van der Waals surface area contributed by atoms with E-state index >= 15 is 0 Å². The van der Waals surface area contributed by atoms with Crippen LogP contribution in [0, 0.1) is 31.1 Å². The number of pyridine rings is 1. The highest BCUT2D eigenvalue weighted by atomic mass is 19.3. The van der Waals surface area contributed by atoms with Crippen LogP contribution in [-0.2, 0) is 0 Å². The van der Waals surface area contributed by atoms with Crippen molar-refractivity contribution >= 4 is 23.8 Å². The molecule has 2 atom stereocenters. The number of nitrogens with one attached hydrogen (secondary N) is 1. The Hall–Kier alpha value is -2.51. The highest BCUT2D eigenvalue weighted by Crippen LogP contribution is 2.31. The van der Waals surface area contributed by atoms with Crippen LogP contribution in [0.3, 0.4) is 0 Å². The number of aryl methyl sites for hydroxylation is 2. The number of aliphatic imine (C=N–C) groups is 2. The molecule has 1 fully saturated rings. The summed E-state index contributed by atoms with van der Waals surface area (Å²) in [4.78, 5) is 26.9. The van der Waals surface area contributed by atoms with E-state index in [0.29, 0.717) is 43.8 Å². The van der Waals surface area contributed by atoms with Gasteiger partial charge in [0.1, 0.15) is 12.2 Å². The standard InChI is InChI=1S/C21H27F2N5O/c1-13-5-7-17(14(2)26-13)21(29)28-9-3-4-15(11-28)10-16-6-8-18(25-12-24)27-19(16)20(22)23/h5,7,12,15-16,20,24H,3-4,6,8-11H2,1-2H3/t15-,16?/m1/s1. The third-order valence-electron chi connectivity index (χ3n) is 5.71. The number of hydrogen-bond acceptors (Lipinski definition) is 3. The Labute approximate surface area is 169 Å². The van der Waals surface area contributed by atoms with E-state index in [-0.39, 0.29) is 23.5 Å². The van der Waals surface area contributed by atoms with Crippen molar-refractivity contribution in [2.75, 3.05) is 13.1 Å². The first-order valence-electron chi connectivity index (χ1n) is 10.0. The quantitative estimate of drug-likeness (QED) is 0.594. The minimum atomic E-state index is -2.63. The van der Waals surface area contributed by atoms with Crippen LogP contribution in [0.1, 0.15) is 53.8 Å². The molecule has 0 aromatic carbocycles. The number of amidine groups is 1. The molecule has 29 heavy (non-hydrogen) atoms. The second-order valence-electron chi connectivity index (χ2n) is 7.83. The number of carbonyl (C=O) groups excluding carboxylic acids is 1. The molecule has 8 heteroatoms. The fourth-order valence-electron chi connectivity index (χ4n) is 4.31. The molecule has 1 unspecified atom stereocenters. The lowest BCUT2D eigenvalue weighted by atomic mass is 9.82. The van der Waals surface area contributed by atoms with E-state index in [2.05, 4.69) is 15.0 Å². The molecule has 0 bridgehead atoms. The number of aromatic nitrogens is 1. The Bertz CT molecular complexity index is 836. The maximum Gasteiger partial charge on any atom is 0.276 e. The molecule has 6 nitrogen and oxygen atoms in total. The van der Waals surface area contributed by atoms with E-state index in [4.69, 9.17) is 5.41 Å². The van der Waals surface area contributed by atoms with Gasteiger partial charge < -0.3 is 4.90 Å². The lowest BCUT2D eigenvalue weighted by molar-refractivity contribution is 0.0658. The molecule has 1 N–H and O–H groups in total. The fraction of sp³-hybridized carbons (Fsp3) is 0.571. The molecular weight excluding hydrogens is 376 g/mol. The van der Waals surface area contributed by atoms with Crippen molar-refractivity contribution in [3.8, 4) is 0 Å². The van der Waals surface area contributed by atoms with Crippen molar-refractivity contribution in [3.63, 3.8) is 0 Å². The maximum absolute atomic E-state index is 13.5. The van der Waals surface area contributed by atoms with Gasteiger partial charge in [-0.3, -0.25) is 15.2 Å². The topological polar surface area (TPSA) is 81.8 Å². The van der Waals surface area contributed by atoms with Gasteiger partial charge in [-0.05, 0) is 57.6 Å². The molecule has 3 rings (SSSR count). The Morgan fingerprint density at radius 1 is 1.38 bits per heavy atom. The molecule has 0 aliphatic carbocycles. The summed E-state index contributed by atoms with van der Waals surface area (Å²) < 4.78 is 27.1. The summed E-state index contributed by atoms with van der Waals surface area (Å²) in [5.74, 6) is 0.130. The van der Waals surface area contributed by atoms with Crippen LogP contribution < -0.4 is 0 Å². The Morgan fingerprint density at radius 3 is 2.86 bits per heavy atom. The summed E-state index contributed by atoms with van der Waals surface area (Å²) in [5.41, 5.74) is 2.07. The molecule has 2 aliphatic rings. The number of piperidine rings is 1. The number of carbonyl (C=O) groups is 1. The summed E-state index contributed by atoms with van der Waals surface area (Å²) in [6.07, 6.45) is 1.65. The molecule has 0 radical (unpaired) electrons. The van der Waals surface area contributed by atoms with Gasteiger partial charge in [-0.2, -0.15) is 0 Å². The molecule has 1 aromatic rings.